The molecular formula is C13H10N4O3S. The molecule has 1 unspecified atom stereocenters. The van der Waals surface area contributed by atoms with Gasteiger partial charge in [0.2, 0.25) is 0 Å². The molecule has 3 rings (SSSR count). The highest BCUT2D eigenvalue weighted by molar-refractivity contribution is 7.84. The Labute approximate surface area is 121 Å². The summed E-state index contributed by atoms with van der Waals surface area (Å²) in [6, 6.07) is 7.82. The number of nitrogens with zero attached hydrogens (tertiary/aromatic N) is 3. The minimum absolute atomic E-state index is 0.0155. The number of nitrogens with one attached hydrogen (secondary N) is 1. The highest BCUT2D eigenvalue weighted by Gasteiger charge is 2.13. The Morgan fingerprint density at radius 3 is 2.95 bits per heavy atom. The molecule has 2 aromatic heterocycles. The number of non-ortho nitro benzene ring substituents is 1. The maximum Gasteiger partial charge on any atom is 0.269 e. The Morgan fingerprint density at radius 2 is 2.19 bits per heavy atom. The first-order chi connectivity index (χ1) is 10.1. The number of aromatic amines is 1. The molecule has 1 atom stereocenters. The lowest BCUT2D eigenvalue weighted by Gasteiger charge is -1.99. The fourth-order valence-electron chi connectivity index (χ4n) is 1.92. The SMILES string of the molecule is O=[N+]([O-])c1cccc(CS(=O)c2nc3ccncc3[nH]2)c1. The van der Waals surface area contributed by atoms with Crippen molar-refractivity contribution in [2.24, 2.45) is 0 Å². The van der Waals surface area contributed by atoms with Crippen LogP contribution in [0.5, 0.6) is 0 Å². The van der Waals surface area contributed by atoms with Crippen molar-refractivity contribution >= 4 is 27.5 Å². The second kappa shape index (κ2) is 5.41. The number of nitro benzene ring substituents is 1. The highest BCUT2D eigenvalue weighted by Crippen LogP contribution is 2.18. The molecule has 0 aliphatic heterocycles. The third-order valence-electron chi connectivity index (χ3n) is 2.90. The number of imidazole rings is 1. The standard InChI is InChI=1S/C13H10N4O3S/c18-17(19)10-3-1-2-9(6-10)8-21(20)13-15-11-4-5-14-7-12(11)16-13/h1-7H,8H2,(H,15,16). The van der Waals surface area contributed by atoms with Gasteiger partial charge in [0, 0.05) is 18.3 Å². The molecule has 0 saturated heterocycles. The number of benzene rings is 1. The van der Waals surface area contributed by atoms with Crippen molar-refractivity contribution in [2.45, 2.75) is 10.9 Å². The van der Waals surface area contributed by atoms with Gasteiger partial charge in [-0.2, -0.15) is 0 Å². The van der Waals surface area contributed by atoms with E-state index in [0.29, 0.717) is 21.8 Å². The van der Waals surface area contributed by atoms with Crippen LogP contribution < -0.4 is 0 Å². The predicted octanol–water partition coefficient (Wildman–Crippen LogP) is 2.17. The molecule has 0 saturated carbocycles. The first kappa shape index (κ1) is 13.4. The summed E-state index contributed by atoms with van der Waals surface area (Å²) in [5.41, 5.74) is 2.01. The van der Waals surface area contributed by atoms with Gasteiger partial charge >= 0.3 is 0 Å². The lowest BCUT2D eigenvalue weighted by Crippen LogP contribution is -1.99. The summed E-state index contributed by atoms with van der Waals surface area (Å²) in [7, 11) is -1.41. The zero-order valence-electron chi connectivity index (χ0n) is 10.7. The highest BCUT2D eigenvalue weighted by atomic mass is 32.2. The van der Waals surface area contributed by atoms with Gasteiger partial charge < -0.3 is 4.98 Å². The van der Waals surface area contributed by atoms with E-state index in [2.05, 4.69) is 15.0 Å². The first-order valence-corrected chi connectivity index (χ1v) is 7.37. The van der Waals surface area contributed by atoms with Crippen molar-refractivity contribution in [3.8, 4) is 0 Å². The molecule has 106 valence electrons. The minimum Gasteiger partial charge on any atom is -0.330 e. The second-order valence-corrected chi connectivity index (χ2v) is 5.72. The molecule has 0 amide bonds. The largest absolute Gasteiger partial charge is 0.330 e. The van der Waals surface area contributed by atoms with Crippen molar-refractivity contribution in [3.05, 3.63) is 58.4 Å². The van der Waals surface area contributed by atoms with Crippen molar-refractivity contribution in [1.82, 2.24) is 15.0 Å². The minimum atomic E-state index is -1.41. The van der Waals surface area contributed by atoms with E-state index in [4.69, 9.17) is 0 Å². The molecule has 1 aromatic carbocycles. The molecule has 0 bridgehead atoms. The zero-order valence-corrected chi connectivity index (χ0v) is 11.5. The topological polar surface area (TPSA) is 102 Å². The van der Waals surface area contributed by atoms with Crippen molar-refractivity contribution in [2.75, 3.05) is 0 Å². The average molecular weight is 302 g/mol. The van der Waals surface area contributed by atoms with Gasteiger partial charge in [0.25, 0.3) is 5.69 Å². The molecule has 3 aromatic rings. The van der Waals surface area contributed by atoms with E-state index in [1.54, 1.807) is 30.6 Å². The van der Waals surface area contributed by atoms with E-state index in [-0.39, 0.29) is 11.4 Å². The first-order valence-electron chi connectivity index (χ1n) is 6.05. The van der Waals surface area contributed by atoms with Gasteiger partial charge in [-0.05, 0) is 11.6 Å². The van der Waals surface area contributed by atoms with E-state index in [1.165, 1.54) is 12.1 Å². The quantitative estimate of drug-likeness (QED) is 0.588. The van der Waals surface area contributed by atoms with Gasteiger partial charge in [0.1, 0.15) is 0 Å². The fourth-order valence-corrected chi connectivity index (χ4v) is 2.96. The van der Waals surface area contributed by atoms with Gasteiger partial charge in [0.05, 0.1) is 38.7 Å². The lowest BCUT2D eigenvalue weighted by atomic mass is 10.2. The van der Waals surface area contributed by atoms with Crippen LogP contribution in [0.15, 0.2) is 47.9 Å². The lowest BCUT2D eigenvalue weighted by molar-refractivity contribution is -0.384. The number of hydrogen-bond acceptors (Lipinski definition) is 5. The number of fused-ring (bicyclic) bond motifs is 1. The van der Waals surface area contributed by atoms with Gasteiger partial charge in [-0.1, -0.05) is 12.1 Å². The van der Waals surface area contributed by atoms with Crippen LogP contribution in [0.1, 0.15) is 5.56 Å². The Hall–Kier alpha value is -2.61. The number of hydrogen-bond donors (Lipinski definition) is 1. The van der Waals surface area contributed by atoms with Crippen LogP contribution in [0.25, 0.3) is 11.0 Å². The van der Waals surface area contributed by atoms with E-state index in [1.807, 2.05) is 0 Å². The molecule has 1 N–H and O–H groups in total. The zero-order chi connectivity index (χ0) is 14.8. The fraction of sp³-hybridized carbons (Fsp3) is 0.0769. The number of rotatable bonds is 4. The Bertz CT molecular complexity index is 813. The molecule has 0 aliphatic carbocycles. The third-order valence-corrected chi connectivity index (χ3v) is 4.12. The van der Waals surface area contributed by atoms with Crippen molar-refractivity contribution < 1.29 is 9.13 Å². The molecule has 8 heteroatoms. The van der Waals surface area contributed by atoms with Crippen molar-refractivity contribution in [1.29, 1.82) is 0 Å². The molecule has 7 nitrogen and oxygen atoms in total. The summed E-state index contributed by atoms with van der Waals surface area (Å²) in [5, 5.41) is 11.1. The normalized spacial score (nSPS) is 12.4. The van der Waals surface area contributed by atoms with Crippen LogP contribution in [0.4, 0.5) is 5.69 Å². The summed E-state index contributed by atoms with van der Waals surface area (Å²) >= 11 is 0. The van der Waals surface area contributed by atoms with E-state index in [9.17, 15) is 14.3 Å². The number of pyridine rings is 1. The molecular weight excluding hydrogens is 292 g/mol. The summed E-state index contributed by atoms with van der Waals surface area (Å²) in [6.07, 6.45) is 3.22. The van der Waals surface area contributed by atoms with E-state index < -0.39 is 15.7 Å². The Kier molecular flexibility index (Phi) is 3.44. The van der Waals surface area contributed by atoms with E-state index in [0.717, 1.165) is 0 Å². The smallest absolute Gasteiger partial charge is 0.269 e. The van der Waals surface area contributed by atoms with Gasteiger partial charge in [-0.3, -0.25) is 19.3 Å². The summed E-state index contributed by atoms with van der Waals surface area (Å²) < 4.78 is 12.3. The van der Waals surface area contributed by atoms with Crippen LogP contribution in [0.2, 0.25) is 0 Å². The van der Waals surface area contributed by atoms with Crippen LogP contribution in [-0.4, -0.2) is 24.1 Å². The van der Waals surface area contributed by atoms with Crippen LogP contribution >= 0.6 is 0 Å². The number of aromatic nitrogens is 3. The summed E-state index contributed by atoms with van der Waals surface area (Å²) in [5.74, 6) is 0.162. The van der Waals surface area contributed by atoms with E-state index >= 15 is 0 Å². The number of nitro groups is 1. The van der Waals surface area contributed by atoms with Gasteiger partial charge in [-0.25, -0.2) is 4.98 Å². The third kappa shape index (κ3) is 2.79. The number of H-pyrrole nitrogens is 1. The monoisotopic (exact) mass is 302 g/mol. The molecule has 0 fully saturated rings. The van der Waals surface area contributed by atoms with Crippen molar-refractivity contribution in [3.63, 3.8) is 0 Å². The Morgan fingerprint density at radius 1 is 1.33 bits per heavy atom. The molecule has 21 heavy (non-hydrogen) atoms. The molecule has 0 aliphatic rings. The van der Waals surface area contributed by atoms with Crippen LogP contribution in [0, 0.1) is 10.1 Å². The second-order valence-electron chi connectivity index (χ2n) is 4.35. The predicted molar refractivity (Wildman–Crippen MR) is 77.1 cm³/mol. The molecule has 2 heterocycles. The van der Waals surface area contributed by atoms with Gasteiger partial charge in [-0.15, -0.1) is 0 Å². The maximum absolute atomic E-state index is 12.3. The molecule has 0 radical (unpaired) electrons. The summed E-state index contributed by atoms with van der Waals surface area (Å²) in [4.78, 5) is 21.4. The van der Waals surface area contributed by atoms with Crippen LogP contribution in [-0.2, 0) is 16.6 Å². The molecule has 0 spiro atoms. The van der Waals surface area contributed by atoms with Gasteiger partial charge in [0.15, 0.2) is 5.16 Å². The average Bonchev–Trinajstić information content (AvgIpc) is 2.91. The van der Waals surface area contributed by atoms with Crippen LogP contribution in [0.3, 0.4) is 0 Å². The summed E-state index contributed by atoms with van der Waals surface area (Å²) in [6.45, 7) is 0. The Balaban J connectivity index is 1.85. The maximum atomic E-state index is 12.3.